The molecule has 7 nitrogen and oxygen atoms in total. The molecule has 0 radical (unpaired) electrons. The number of imidazole rings is 1. The Bertz CT molecular complexity index is 859. The molecule has 1 aliphatic heterocycles. The summed E-state index contributed by atoms with van der Waals surface area (Å²) in [5.74, 6) is 0.374. The van der Waals surface area contributed by atoms with Crippen LogP contribution in [-0.2, 0) is 4.74 Å². The van der Waals surface area contributed by atoms with Crippen LogP contribution in [0.2, 0.25) is 0 Å². The fraction of sp³-hybridized carbons (Fsp3) is 0.526. The summed E-state index contributed by atoms with van der Waals surface area (Å²) in [6.07, 6.45) is 2.44. The highest BCUT2D eigenvalue weighted by molar-refractivity contribution is 5.84. The first kappa shape index (κ1) is 18.1. The molecule has 2 aromatic rings. The number of aromatic nitrogens is 2. The lowest BCUT2D eigenvalue weighted by Crippen LogP contribution is -2.39. The van der Waals surface area contributed by atoms with E-state index in [0.29, 0.717) is 30.1 Å². The largest absolute Gasteiger partial charge is 0.444 e. The molecule has 1 fully saturated rings. The second-order valence-electron chi connectivity index (χ2n) is 7.70. The number of ether oxygens (including phenoxy) is 1. The van der Waals surface area contributed by atoms with Gasteiger partial charge in [-0.05, 0) is 52.2 Å². The average Bonchev–Trinajstić information content (AvgIpc) is 2.74. The lowest BCUT2D eigenvalue weighted by Gasteiger charge is -2.29. The third-order valence-electron chi connectivity index (χ3n) is 4.52. The maximum atomic E-state index is 12.5. The maximum absolute atomic E-state index is 12.5. The molecule has 1 amide bonds. The first-order valence-electron chi connectivity index (χ1n) is 8.94. The zero-order chi connectivity index (χ0) is 18.9. The Labute approximate surface area is 153 Å². The van der Waals surface area contributed by atoms with Crippen LogP contribution in [0.3, 0.4) is 0 Å². The molecular weight excluding hydrogens is 330 g/mol. The fourth-order valence-electron chi connectivity index (χ4n) is 3.45. The van der Waals surface area contributed by atoms with Gasteiger partial charge in [0.25, 0.3) is 0 Å². The molecular formula is C19H25N5O2. The van der Waals surface area contributed by atoms with Gasteiger partial charge < -0.3 is 19.9 Å². The zero-order valence-corrected chi connectivity index (χ0v) is 15.5. The molecule has 1 aliphatic rings. The van der Waals surface area contributed by atoms with Crippen molar-refractivity contribution >= 4 is 23.1 Å². The number of benzene rings is 1. The molecule has 3 rings (SSSR count). The molecule has 0 spiro atoms. The topological polar surface area (TPSA) is 97.2 Å². The van der Waals surface area contributed by atoms with E-state index in [1.165, 1.54) is 0 Å². The third-order valence-corrected chi connectivity index (χ3v) is 4.52. The van der Waals surface area contributed by atoms with Gasteiger partial charge in [0.1, 0.15) is 11.7 Å². The molecule has 0 aliphatic carbocycles. The van der Waals surface area contributed by atoms with Gasteiger partial charge in [0, 0.05) is 13.1 Å². The molecule has 1 unspecified atom stereocenters. The standard InChI is InChI=1S/C19H25N5O2/c1-19(2,3)26-18(25)23-10-5-4-8-14(12-23)24-16-13(11-20)7-6-9-15(16)22-17(24)21/h6-7,9,14H,4-5,8,10,12H2,1-3H3,(H2,21,22). The van der Waals surface area contributed by atoms with Crippen molar-refractivity contribution in [3.8, 4) is 6.07 Å². The lowest BCUT2D eigenvalue weighted by atomic mass is 10.1. The molecule has 138 valence electrons. The molecule has 1 aromatic carbocycles. The highest BCUT2D eigenvalue weighted by Crippen LogP contribution is 2.31. The second kappa shape index (κ2) is 6.87. The Morgan fingerprint density at radius 1 is 1.38 bits per heavy atom. The molecule has 1 aromatic heterocycles. The number of para-hydroxylation sites is 1. The number of amides is 1. The Kier molecular flexibility index (Phi) is 4.77. The number of carbonyl (C=O) groups excluding carboxylic acids is 1. The number of nitriles is 1. The predicted octanol–water partition coefficient (Wildman–Crippen LogP) is 3.45. The quantitative estimate of drug-likeness (QED) is 0.845. The number of hydrogen-bond donors (Lipinski definition) is 1. The van der Waals surface area contributed by atoms with E-state index in [1.807, 2.05) is 31.4 Å². The van der Waals surface area contributed by atoms with Crippen LogP contribution >= 0.6 is 0 Å². The van der Waals surface area contributed by atoms with Crippen LogP contribution in [0.25, 0.3) is 11.0 Å². The molecule has 7 heteroatoms. The van der Waals surface area contributed by atoms with Crippen LogP contribution < -0.4 is 5.73 Å². The first-order chi connectivity index (χ1) is 12.3. The number of likely N-dealkylation sites (tertiary alicyclic amines) is 1. The summed E-state index contributed by atoms with van der Waals surface area (Å²) in [6.45, 7) is 6.73. The lowest BCUT2D eigenvalue weighted by molar-refractivity contribution is 0.0238. The van der Waals surface area contributed by atoms with Crippen molar-refractivity contribution in [1.29, 1.82) is 5.26 Å². The van der Waals surface area contributed by atoms with Crippen molar-refractivity contribution < 1.29 is 9.53 Å². The molecule has 0 saturated carbocycles. The summed E-state index contributed by atoms with van der Waals surface area (Å²) in [5.41, 5.74) is 7.64. The van der Waals surface area contributed by atoms with E-state index in [-0.39, 0.29) is 12.1 Å². The van der Waals surface area contributed by atoms with Gasteiger partial charge in [0.2, 0.25) is 5.95 Å². The zero-order valence-electron chi connectivity index (χ0n) is 15.5. The van der Waals surface area contributed by atoms with Gasteiger partial charge in [0.05, 0.1) is 22.6 Å². The van der Waals surface area contributed by atoms with Crippen LogP contribution in [0, 0.1) is 11.3 Å². The summed E-state index contributed by atoms with van der Waals surface area (Å²) < 4.78 is 7.45. The number of carbonyl (C=O) groups is 1. The Hall–Kier alpha value is -2.75. The van der Waals surface area contributed by atoms with Crippen molar-refractivity contribution in [1.82, 2.24) is 14.5 Å². The highest BCUT2D eigenvalue weighted by atomic mass is 16.6. The van der Waals surface area contributed by atoms with E-state index in [4.69, 9.17) is 10.5 Å². The number of rotatable bonds is 1. The van der Waals surface area contributed by atoms with Gasteiger partial charge in [-0.1, -0.05) is 6.07 Å². The minimum atomic E-state index is -0.534. The summed E-state index contributed by atoms with van der Waals surface area (Å²) in [7, 11) is 0. The number of anilines is 1. The maximum Gasteiger partial charge on any atom is 0.410 e. The summed E-state index contributed by atoms with van der Waals surface area (Å²) >= 11 is 0. The molecule has 1 saturated heterocycles. The van der Waals surface area contributed by atoms with Crippen LogP contribution in [0.1, 0.15) is 51.6 Å². The Morgan fingerprint density at radius 2 is 2.15 bits per heavy atom. The minimum absolute atomic E-state index is 0.0375. The normalized spacial score (nSPS) is 18.4. The van der Waals surface area contributed by atoms with Gasteiger partial charge in [-0.25, -0.2) is 9.78 Å². The number of nitrogens with zero attached hydrogens (tertiary/aromatic N) is 4. The van der Waals surface area contributed by atoms with Crippen molar-refractivity contribution in [2.45, 2.75) is 51.7 Å². The number of nitrogen functional groups attached to an aromatic ring is 1. The number of nitrogens with two attached hydrogens (primary N) is 1. The molecule has 0 bridgehead atoms. The van der Waals surface area contributed by atoms with Crippen molar-refractivity contribution in [3.63, 3.8) is 0 Å². The first-order valence-corrected chi connectivity index (χ1v) is 8.94. The highest BCUT2D eigenvalue weighted by Gasteiger charge is 2.29. The molecule has 26 heavy (non-hydrogen) atoms. The van der Waals surface area contributed by atoms with E-state index >= 15 is 0 Å². The Morgan fingerprint density at radius 3 is 2.85 bits per heavy atom. The van der Waals surface area contributed by atoms with Crippen LogP contribution in [0.4, 0.5) is 10.7 Å². The van der Waals surface area contributed by atoms with Crippen molar-refractivity contribution in [2.75, 3.05) is 18.8 Å². The second-order valence-corrected chi connectivity index (χ2v) is 7.70. The predicted molar refractivity (Wildman–Crippen MR) is 99.6 cm³/mol. The van der Waals surface area contributed by atoms with Gasteiger partial charge >= 0.3 is 6.09 Å². The van der Waals surface area contributed by atoms with E-state index in [9.17, 15) is 10.1 Å². The Balaban J connectivity index is 1.96. The van der Waals surface area contributed by atoms with Gasteiger partial charge in [-0.3, -0.25) is 0 Å². The van der Waals surface area contributed by atoms with E-state index in [0.717, 1.165) is 24.8 Å². The molecule has 2 heterocycles. The van der Waals surface area contributed by atoms with E-state index in [1.54, 1.807) is 17.0 Å². The van der Waals surface area contributed by atoms with Gasteiger partial charge in [-0.15, -0.1) is 0 Å². The number of hydrogen-bond acceptors (Lipinski definition) is 5. The fourth-order valence-corrected chi connectivity index (χ4v) is 3.45. The van der Waals surface area contributed by atoms with Crippen molar-refractivity contribution in [2.24, 2.45) is 0 Å². The smallest absolute Gasteiger partial charge is 0.410 e. The number of fused-ring (bicyclic) bond motifs is 1. The summed E-state index contributed by atoms with van der Waals surface area (Å²) in [5, 5.41) is 9.47. The van der Waals surface area contributed by atoms with E-state index in [2.05, 4.69) is 11.1 Å². The van der Waals surface area contributed by atoms with Gasteiger partial charge in [0.15, 0.2) is 0 Å². The molecule has 2 N–H and O–H groups in total. The van der Waals surface area contributed by atoms with Crippen LogP contribution in [-0.4, -0.2) is 39.2 Å². The summed E-state index contributed by atoms with van der Waals surface area (Å²) in [6, 6.07) is 7.61. The minimum Gasteiger partial charge on any atom is -0.444 e. The van der Waals surface area contributed by atoms with Crippen LogP contribution in [0.5, 0.6) is 0 Å². The summed E-state index contributed by atoms with van der Waals surface area (Å²) in [4.78, 5) is 18.7. The van der Waals surface area contributed by atoms with E-state index < -0.39 is 5.60 Å². The SMILES string of the molecule is CC(C)(C)OC(=O)N1CCCCC(n2c(N)nc3cccc(C#N)c32)C1. The van der Waals surface area contributed by atoms with Gasteiger partial charge in [-0.2, -0.15) is 5.26 Å². The monoisotopic (exact) mass is 355 g/mol. The third kappa shape index (κ3) is 3.59. The average molecular weight is 355 g/mol. The van der Waals surface area contributed by atoms with Crippen molar-refractivity contribution in [3.05, 3.63) is 23.8 Å². The molecule has 1 atom stereocenters. The van der Waals surface area contributed by atoms with Crippen LogP contribution in [0.15, 0.2) is 18.2 Å².